The van der Waals surface area contributed by atoms with Gasteiger partial charge in [0.25, 0.3) is 0 Å². The number of hydrogen-bond acceptors (Lipinski definition) is 2. The van der Waals surface area contributed by atoms with Crippen LogP contribution in [0.2, 0.25) is 0 Å². The molecule has 0 spiro atoms. The summed E-state index contributed by atoms with van der Waals surface area (Å²) in [6.45, 7) is 8.97. The van der Waals surface area contributed by atoms with Crippen LogP contribution in [0.3, 0.4) is 0 Å². The second-order valence-electron chi connectivity index (χ2n) is 5.60. The lowest BCUT2D eigenvalue weighted by Gasteiger charge is -2.24. The highest BCUT2D eigenvalue weighted by Crippen LogP contribution is 2.21. The van der Waals surface area contributed by atoms with E-state index in [2.05, 4.69) is 26.1 Å². The maximum atomic E-state index is 11.6. The van der Waals surface area contributed by atoms with E-state index in [9.17, 15) is 4.79 Å². The average Bonchev–Trinajstić information content (AvgIpc) is 2.14. The number of likely N-dealkylation sites (N-methyl/N-ethyl adjacent to an activating group) is 1. The van der Waals surface area contributed by atoms with Crippen LogP contribution in [-0.2, 0) is 0 Å². The monoisotopic (exact) mass is 230 g/mol. The van der Waals surface area contributed by atoms with Gasteiger partial charge in [0.15, 0.2) is 0 Å². The van der Waals surface area contributed by atoms with E-state index in [-0.39, 0.29) is 18.7 Å². The van der Waals surface area contributed by atoms with Gasteiger partial charge in [0, 0.05) is 19.6 Å². The first-order valence-electron chi connectivity index (χ1n) is 5.89. The van der Waals surface area contributed by atoms with Crippen LogP contribution in [0.25, 0.3) is 0 Å². The van der Waals surface area contributed by atoms with Gasteiger partial charge in [-0.1, -0.05) is 20.8 Å². The molecule has 96 valence electrons. The predicted octanol–water partition coefficient (Wildman–Crippen LogP) is 1.83. The van der Waals surface area contributed by atoms with Crippen molar-refractivity contribution in [3.63, 3.8) is 0 Å². The Labute approximate surface area is 99.0 Å². The molecule has 4 heteroatoms. The Kier molecular flexibility index (Phi) is 6.41. The van der Waals surface area contributed by atoms with E-state index < -0.39 is 0 Å². The first-order chi connectivity index (χ1) is 7.26. The number of amides is 2. The number of aliphatic hydroxyl groups excluding tert-OH is 1. The number of urea groups is 1. The van der Waals surface area contributed by atoms with Crippen molar-refractivity contribution in [2.75, 3.05) is 20.2 Å². The zero-order chi connectivity index (χ0) is 12.8. The summed E-state index contributed by atoms with van der Waals surface area (Å²) in [5.41, 5.74) is 0.302. The van der Waals surface area contributed by atoms with Gasteiger partial charge >= 0.3 is 6.03 Å². The highest BCUT2D eigenvalue weighted by Gasteiger charge is 2.15. The van der Waals surface area contributed by atoms with Crippen molar-refractivity contribution in [1.82, 2.24) is 10.2 Å². The molecule has 0 aliphatic carbocycles. The van der Waals surface area contributed by atoms with E-state index in [1.807, 2.05) is 6.92 Å². The molecule has 0 rings (SSSR count). The summed E-state index contributed by atoms with van der Waals surface area (Å²) in [5.74, 6) is 0. The third kappa shape index (κ3) is 7.51. The summed E-state index contributed by atoms with van der Waals surface area (Å²) >= 11 is 0. The van der Waals surface area contributed by atoms with Crippen LogP contribution in [0, 0.1) is 5.41 Å². The molecule has 16 heavy (non-hydrogen) atoms. The lowest BCUT2D eigenvalue weighted by molar-refractivity contribution is 0.186. The molecule has 0 aromatic carbocycles. The first-order valence-corrected chi connectivity index (χ1v) is 5.89. The normalized spacial score (nSPS) is 13.4. The van der Waals surface area contributed by atoms with Gasteiger partial charge in [-0.3, -0.25) is 0 Å². The molecule has 0 saturated heterocycles. The van der Waals surface area contributed by atoms with E-state index >= 15 is 0 Å². The van der Waals surface area contributed by atoms with Crippen molar-refractivity contribution < 1.29 is 9.90 Å². The molecular weight excluding hydrogens is 204 g/mol. The summed E-state index contributed by atoms with van der Waals surface area (Å²) in [7, 11) is 1.68. The third-order valence-corrected chi connectivity index (χ3v) is 2.48. The van der Waals surface area contributed by atoms with Gasteiger partial charge in [-0.2, -0.15) is 0 Å². The van der Waals surface area contributed by atoms with E-state index in [1.54, 1.807) is 7.05 Å². The minimum absolute atomic E-state index is 0.000290. The number of aliphatic hydroxyl groups is 1. The van der Waals surface area contributed by atoms with Crippen LogP contribution in [0.15, 0.2) is 0 Å². The van der Waals surface area contributed by atoms with E-state index in [1.165, 1.54) is 4.90 Å². The number of carbonyl (C=O) groups is 1. The standard InChI is InChI=1S/C12H26N2O2/c1-10(6-7-12(2,3)4)13-11(16)14(5)8-9-15/h10,15H,6-9H2,1-5H3,(H,13,16). The molecule has 0 aliphatic heterocycles. The maximum absolute atomic E-state index is 11.6. The summed E-state index contributed by atoms with van der Waals surface area (Å²) in [5, 5.41) is 11.6. The van der Waals surface area contributed by atoms with Crippen LogP contribution in [0.5, 0.6) is 0 Å². The van der Waals surface area contributed by atoms with Gasteiger partial charge in [0.1, 0.15) is 0 Å². The van der Waals surface area contributed by atoms with E-state index in [4.69, 9.17) is 5.11 Å². The van der Waals surface area contributed by atoms with E-state index in [0.29, 0.717) is 12.0 Å². The molecule has 0 aliphatic rings. The van der Waals surface area contributed by atoms with Crippen molar-refractivity contribution in [1.29, 1.82) is 0 Å². The molecule has 2 N–H and O–H groups in total. The number of carbonyl (C=O) groups excluding carboxylic acids is 1. The van der Waals surface area contributed by atoms with Gasteiger partial charge in [0.2, 0.25) is 0 Å². The van der Waals surface area contributed by atoms with E-state index in [0.717, 1.165) is 12.8 Å². The Morgan fingerprint density at radius 1 is 1.44 bits per heavy atom. The fourth-order valence-electron chi connectivity index (χ4n) is 1.29. The smallest absolute Gasteiger partial charge is 0.317 e. The van der Waals surface area contributed by atoms with Gasteiger partial charge < -0.3 is 15.3 Å². The van der Waals surface area contributed by atoms with Crippen molar-refractivity contribution >= 4 is 6.03 Å². The average molecular weight is 230 g/mol. The van der Waals surface area contributed by atoms with Crippen LogP contribution >= 0.6 is 0 Å². The fraction of sp³-hybridized carbons (Fsp3) is 0.917. The lowest BCUT2D eigenvalue weighted by Crippen LogP contribution is -2.43. The highest BCUT2D eigenvalue weighted by molar-refractivity contribution is 5.74. The first kappa shape index (κ1) is 15.2. The lowest BCUT2D eigenvalue weighted by atomic mass is 9.89. The summed E-state index contributed by atoms with van der Waals surface area (Å²) in [6.07, 6.45) is 2.06. The second-order valence-corrected chi connectivity index (χ2v) is 5.60. The molecule has 0 aromatic heterocycles. The zero-order valence-corrected chi connectivity index (χ0v) is 11.2. The quantitative estimate of drug-likeness (QED) is 0.757. The SMILES string of the molecule is CC(CCC(C)(C)C)NC(=O)N(C)CCO. The van der Waals surface area contributed by atoms with Gasteiger partial charge in [-0.25, -0.2) is 4.79 Å². The molecule has 4 nitrogen and oxygen atoms in total. The Morgan fingerprint density at radius 3 is 2.44 bits per heavy atom. The van der Waals surface area contributed by atoms with Gasteiger partial charge in [0.05, 0.1) is 6.61 Å². The molecule has 0 bridgehead atoms. The summed E-state index contributed by atoms with van der Waals surface area (Å²) < 4.78 is 0. The maximum Gasteiger partial charge on any atom is 0.317 e. The summed E-state index contributed by atoms with van der Waals surface area (Å²) in [6, 6.07) is 0.0586. The van der Waals surface area contributed by atoms with Gasteiger partial charge in [-0.15, -0.1) is 0 Å². The van der Waals surface area contributed by atoms with Crippen LogP contribution in [0.1, 0.15) is 40.5 Å². The minimum atomic E-state index is -0.115. The molecule has 0 saturated carbocycles. The van der Waals surface area contributed by atoms with Crippen molar-refractivity contribution in [2.45, 2.75) is 46.6 Å². The van der Waals surface area contributed by atoms with Crippen molar-refractivity contribution in [3.05, 3.63) is 0 Å². The fourth-order valence-corrected chi connectivity index (χ4v) is 1.29. The van der Waals surface area contributed by atoms with Crippen LogP contribution < -0.4 is 5.32 Å². The van der Waals surface area contributed by atoms with Crippen LogP contribution in [-0.4, -0.2) is 42.3 Å². The Bertz CT molecular complexity index is 212. The number of rotatable bonds is 5. The molecular formula is C12H26N2O2. The third-order valence-electron chi connectivity index (χ3n) is 2.48. The minimum Gasteiger partial charge on any atom is -0.395 e. The number of nitrogens with one attached hydrogen (secondary N) is 1. The largest absolute Gasteiger partial charge is 0.395 e. The zero-order valence-electron chi connectivity index (χ0n) is 11.2. The van der Waals surface area contributed by atoms with Crippen molar-refractivity contribution in [3.8, 4) is 0 Å². The highest BCUT2D eigenvalue weighted by atomic mass is 16.3. The molecule has 1 atom stereocenters. The second kappa shape index (κ2) is 6.74. The molecule has 0 aromatic rings. The van der Waals surface area contributed by atoms with Gasteiger partial charge in [-0.05, 0) is 25.2 Å². The molecule has 1 unspecified atom stereocenters. The topological polar surface area (TPSA) is 52.6 Å². The molecule has 0 radical (unpaired) electrons. The Morgan fingerprint density at radius 2 is 2.00 bits per heavy atom. The summed E-state index contributed by atoms with van der Waals surface area (Å²) in [4.78, 5) is 13.1. The number of hydrogen-bond donors (Lipinski definition) is 2. The Hall–Kier alpha value is -0.770. The molecule has 0 heterocycles. The Balaban J connectivity index is 3.87. The molecule has 0 fully saturated rings. The van der Waals surface area contributed by atoms with Crippen LogP contribution in [0.4, 0.5) is 4.79 Å². The molecule has 2 amide bonds. The van der Waals surface area contributed by atoms with Crippen molar-refractivity contribution in [2.24, 2.45) is 5.41 Å². The number of nitrogens with zero attached hydrogens (tertiary/aromatic N) is 1. The predicted molar refractivity (Wildman–Crippen MR) is 66.4 cm³/mol.